The molecule has 1 aromatic rings. The van der Waals surface area contributed by atoms with Crippen molar-refractivity contribution in [3.8, 4) is 0 Å². The van der Waals surface area contributed by atoms with E-state index in [2.05, 4.69) is 0 Å². The van der Waals surface area contributed by atoms with Crippen molar-refractivity contribution in [3.63, 3.8) is 0 Å². The molecule has 1 aliphatic rings. The molecule has 5 heteroatoms. The molecule has 1 aromatic carbocycles. The van der Waals surface area contributed by atoms with E-state index >= 15 is 0 Å². The summed E-state index contributed by atoms with van der Waals surface area (Å²) in [4.78, 5) is 0.139. The van der Waals surface area contributed by atoms with Crippen LogP contribution >= 0.6 is 0 Å². The van der Waals surface area contributed by atoms with Crippen LogP contribution in [0.25, 0.3) is 0 Å². The van der Waals surface area contributed by atoms with Crippen molar-refractivity contribution < 1.29 is 8.42 Å². The van der Waals surface area contributed by atoms with Gasteiger partial charge < -0.3 is 5.21 Å². The van der Waals surface area contributed by atoms with Gasteiger partial charge >= 0.3 is 0 Å². The number of sulfonamides is 1. The molecule has 1 aliphatic heterocycles. The number of rotatable bonds is 0. The van der Waals surface area contributed by atoms with E-state index in [0.717, 1.165) is 0 Å². The molecule has 0 radical (unpaired) electrons. The van der Waals surface area contributed by atoms with Crippen molar-refractivity contribution in [3.05, 3.63) is 35.0 Å². The fourth-order valence-corrected chi connectivity index (χ4v) is 2.46. The summed E-state index contributed by atoms with van der Waals surface area (Å²) in [5.41, 5.74) is 0.576. The normalized spacial score (nSPS) is 20.8. The molecule has 12 heavy (non-hydrogen) atoms. The Bertz CT molecular complexity index is 412. The van der Waals surface area contributed by atoms with E-state index in [0.29, 0.717) is 5.56 Å². The van der Waals surface area contributed by atoms with Crippen LogP contribution in [0.15, 0.2) is 29.2 Å². The van der Waals surface area contributed by atoms with Crippen LogP contribution in [0.4, 0.5) is 0 Å². The van der Waals surface area contributed by atoms with Gasteiger partial charge in [-0.1, -0.05) is 18.2 Å². The van der Waals surface area contributed by atoms with E-state index in [-0.39, 0.29) is 15.9 Å². The van der Waals surface area contributed by atoms with Gasteiger partial charge in [0.05, 0.1) is 4.90 Å². The topological polar surface area (TPSA) is 60.4 Å². The number of fused-ring (bicyclic) bond motifs is 1. The summed E-state index contributed by atoms with van der Waals surface area (Å²) in [6.45, 7) is -0.0570. The lowest BCUT2D eigenvalue weighted by Crippen LogP contribution is -2.16. The molecule has 0 bridgehead atoms. The van der Waals surface area contributed by atoms with Crippen molar-refractivity contribution in [1.82, 2.24) is 4.47 Å². The quantitative estimate of drug-likeness (QED) is 0.596. The standard InChI is InChI=1S/C7H6NO3S/c9-8-5-6-3-1-2-4-7(6)12(8,10)11/h1-4H,5H2/q-1. The molecule has 0 spiro atoms. The van der Waals surface area contributed by atoms with Crippen LogP contribution in [0.5, 0.6) is 0 Å². The summed E-state index contributed by atoms with van der Waals surface area (Å²) < 4.78 is 22.5. The fraction of sp³-hybridized carbons (Fsp3) is 0.143. The van der Waals surface area contributed by atoms with Crippen LogP contribution in [-0.2, 0) is 16.6 Å². The number of hydrogen-bond donors (Lipinski definition) is 0. The van der Waals surface area contributed by atoms with Crippen molar-refractivity contribution in [2.24, 2.45) is 0 Å². The molecular formula is C7H6NO3S-. The summed E-state index contributed by atoms with van der Waals surface area (Å²) in [5.74, 6) is 0. The van der Waals surface area contributed by atoms with Gasteiger partial charge in [-0.25, -0.2) is 8.42 Å². The zero-order chi connectivity index (χ0) is 8.77. The summed E-state index contributed by atoms with van der Waals surface area (Å²) in [6, 6.07) is 6.41. The first-order valence-corrected chi connectivity index (χ1v) is 4.84. The molecule has 4 nitrogen and oxygen atoms in total. The Morgan fingerprint density at radius 3 is 2.67 bits per heavy atom. The second kappa shape index (κ2) is 2.29. The van der Waals surface area contributed by atoms with Gasteiger partial charge in [0.2, 0.25) is 10.0 Å². The zero-order valence-corrected chi connectivity index (χ0v) is 6.91. The lowest BCUT2D eigenvalue weighted by Gasteiger charge is -2.18. The Kier molecular flexibility index (Phi) is 1.47. The number of hydroxylamine groups is 1. The Morgan fingerprint density at radius 2 is 2.00 bits per heavy atom. The maximum Gasteiger partial charge on any atom is 0.232 e. The summed E-state index contributed by atoms with van der Waals surface area (Å²) >= 11 is 0. The highest BCUT2D eigenvalue weighted by atomic mass is 32.2. The average molecular weight is 184 g/mol. The van der Waals surface area contributed by atoms with Gasteiger partial charge in [-0.05, 0) is 11.6 Å². The third kappa shape index (κ3) is 0.874. The molecule has 0 aromatic heterocycles. The number of benzene rings is 1. The van der Waals surface area contributed by atoms with Gasteiger partial charge in [-0.3, -0.25) is 4.47 Å². The highest BCUT2D eigenvalue weighted by Crippen LogP contribution is 2.28. The lowest BCUT2D eigenvalue weighted by molar-refractivity contribution is 0.518. The first-order valence-electron chi connectivity index (χ1n) is 3.40. The first-order chi connectivity index (χ1) is 5.62. The predicted molar refractivity (Wildman–Crippen MR) is 42.5 cm³/mol. The maximum absolute atomic E-state index is 11.2. The molecule has 0 saturated carbocycles. The first kappa shape index (κ1) is 7.72. The van der Waals surface area contributed by atoms with E-state index in [1.165, 1.54) is 6.07 Å². The third-order valence-corrected chi connectivity index (χ3v) is 3.44. The number of nitrogens with zero attached hydrogens (tertiary/aromatic N) is 1. The van der Waals surface area contributed by atoms with Crippen LogP contribution in [0.3, 0.4) is 0 Å². The molecule has 0 aliphatic carbocycles. The zero-order valence-electron chi connectivity index (χ0n) is 6.10. The van der Waals surface area contributed by atoms with Gasteiger partial charge in [0.15, 0.2) is 0 Å². The minimum absolute atomic E-state index is 0.0570. The molecule has 64 valence electrons. The van der Waals surface area contributed by atoms with E-state index in [1.807, 2.05) is 0 Å². The molecule has 0 fully saturated rings. The van der Waals surface area contributed by atoms with Crippen molar-refractivity contribution in [2.75, 3.05) is 0 Å². The van der Waals surface area contributed by atoms with Gasteiger partial charge in [0.25, 0.3) is 0 Å². The summed E-state index contributed by atoms with van der Waals surface area (Å²) in [5, 5.41) is 10.9. The predicted octanol–water partition coefficient (Wildman–Crippen LogP) is 0.689. The molecule has 0 N–H and O–H groups in total. The van der Waals surface area contributed by atoms with Gasteiger partial charge in [0.1, 0.15) is 0 Å². The summed E-state index contributed by atoms with van der Waals surface area (Å²) in [6.07, 6.45) is 0. The van der Waals surface area contributed by atoms with E-state index in [1.54, 1.807) is 18.2 Å². The van der Waals surface area contributed by atoms with Crippen molar-refractivity contribution in [2.45, 2.75) is 11.4 Å². The number of hydrogen-bond acceptors (Lipinski definition) is 3. The monoisotopic (exact) mass is 184 g/mol. The van der Waals surface area contributed by atoms with Gasteiger partial charge in [-0.15, -0.1) is 0 Å². The van der Waals surface area contributed by atoms with Gasteiger partial charge in [-0.2, -0.15) is 0 Å². The smallest absolute Gasteiger partial charge is 0.232 e. The van der Waals surface area contributed by atoms with Crippen LogP contribution < -0.4 is 0 Å². The Balaban J connectivity index is 2.72. The molecule has 0 saturated heterocycles. The van der Waals surface area contributed by atoms with Crippen molar-refractivity contribution >= 4 is 10.0 Å². The highest BCUT2D eigenvalue weighted by Gasteiger charge is 2.27. The Labute approximate surface area is 70.1 Å². The van der Waals surface area contributed by atoms with Crippen LogP contribution in [0, 0.1) is 5.21 Å². The lowest BCUT2D eigenvalue weighted by atomic mass is 10.2. The summed E-state index contributed by atoms with van der Waals surface area (Å²) in [7, 11) is -3.71. The van der Waals surface area contributed by atoms with E-state index in [9.17, 15) is 13.6 Å². The van der Waals surface area contributed by atoms with Crippen molar-refractivity contribution in [1.29, 1.82) is 0 Å². The Morgan fingerprint density at radius 1 is 1.33 bits per heavy atom. The molecule has 0 atom stereocenters. The van der Waals surface area contributed by atoms with E-state index < -0.39 is 10.0 Å². The van der Waals surface area contributed by atoms with Crippen LogP contribution in [0.2, 0.25) is 0 Å². The SMILES string of the molecule is O=S1(=O)c2ccccc2CN1[O-]. The Hall–Kier alpha value is -0.910. The van der Waals surface area contributed by atoms with Gasteiger partial charge in [0, 0.05) is 6.54 Å². The fourth-order valence-electron chi connectivity index (χ4n) is 1.22. The maximum atomic E-state index is 11.2. The molecule has 0 amide bonds. The molecule has 1 heterocycles. The average Bonchev–Trinajstić information content (AvgIpc) is 2.25. The second-order valence-electron chi connectivity index (χ2n) is 2.57. The van der Waals surface area contributed by atoms with Crippen LogP contribution in [-0.4, -0.2) is 12.9 Å². The van der Waals surface area contributed by atoms with E-state index in [4.69, 9.17) is 0 Å². The minimum atomic E-state index is -3.71. The highest BCUT2D eigenvalue weighted by molar-refractivity contribution is 7.89. The molecule has 0 unspecified atom stereocenters. The molecular weight excluding hydrogens is 178 g/mol. The minimum Gasteiger partial charge on any atom is -0.772 e. The van der Waals surface area contributed by atoms with Crippen LogP contribution in [0.1, 0.15) is 5.56 Å². The molecule has 2 rings (SSSR count). The largest absolute Gasteiger partial charge is 0.772 e. The second-order valence-corrected chi connectivity index (χ2v) is 4.37. The third-order valence-electron chi connectivity index (χ3n) is 1.82.